The Hall–Kier alpha value is -2.92. The number of ether oxygens (including phenoxy) is 1. The Morgan fingerprint density at radius 1 is 0.964 bits per heavy atom. The summed E-state index contributed by atoms with van der Waals surface area (Å²) in [5, 5.41) is 2.85. The number of nitrogens with one attached hydrogen (secondary N) is 1. The molecule has 1 heterocycles. The molecule has 2 aromatic carbocycles. The number of rotatable bonds is 5. The van der Waals surface area contributed by atoms with E-state index in [-0.39, 0.29) is 12.5 Å². The van der Waals surface area contributed by atoms with Crippen molar-refractivity contribution in [3.05, 3.63) is 76.0 Å². The van der Waals surface area contributed by atoms with E-state index in [1.165, 1.54) is 34.6 Å². The van der Waals surface area contributed by atoms with Gasteiger partial charge in [0.2, 0.25) is 0 Å². The number of esters is 1. The summed E-state index contributed by atoms with van der Waals surface area (Å²) in [7, 11) is 0. The lowest BCUT2D eigenvalue weighted by atomic mass is 9.99. The first-order valence-corrected chi connectivity index (χ1v) is 10.3. The van der Waals surface area contributed by atoms with Gasteiger partial charge in [-0.3, -0.25) is 4.79 Å². The number of amides is 1. The zero-order chi connectivity index (χ0) is 19.3. The molecule has 0 bridgehead atoms. The second-order valence-corrected chi connectivity index (χ2v) is 7.94. The second kappa shape index (κ2) is 8.40. The highest BCUT2D eigenvalue weighted by Gasteiger charge is 2.19. The molecule has 0 fully saturated rings. The molecule has 0 radical (unpaired) electrons. The van der Waals surface area contributed by atoms with Gasteiger partial charge in [0.1, 0.15) is 4.88 Å². The van der Waals surface area contributed by atoms with Gasteiger partial charge in [0.05, 0.1) is 0 Å². The molecular weight excluding hydrogens is 370 g/mol. The predicted octanol–water partition coefficient (Wildman–Crippen LogP) is 5.09. The molecule has 0 saturated heterocycles. The molecule has 0 saturated carbocycles. The van der Waals surface area contributed by atoms with E-state index < -0.39 is 5.97 Å². The van der Waals surface area contributed by atoms with Crippen molar-refractivity contribution in [1.82, 2.24) is 0 Å². The highest BCUT2D eigenvalue weighted by Crippen LogP contribution is 2.30. The maximum atomic E-state index is 12.3. The molecule has 0 unspecified atom stereocenters. The monoisotopic (exact) mass is 391 g/mol. The first-order chi connectivity index (χ1) is 13.7. The van der Waals surface area contributed by atoms with Crippen molar-refractivity contribution in [3.63, 3.8) is 0 Å². The normalized spacial score (nSPS) is 12.9. The van der Waals surface area contributed by atoms with Crippen LogP contribution >= 0.6 is 11.3 Å². The van der Waals surface area contributed by atoms with Crippen LogP contribution in [0.25, 0.3) is 11.1 Å². The summed E-state index contributed by atoms with van der Waals surface area (Å²) >= 11 is 1.49. The number of thiophene rings is 1. The number of para-hydroxylation sites is 1. The van der Waals surface area contributed by atoms with Gasteiger partial charge in [-0.15, -0.1) is 11.3 Å². The van der Waals surface area contributed by atoms with Gasteiger partial charge in [-0.25, -0.2) is 4.79 Å². The van der Waals surface area contributed by atoms with Crippen LogP contribution in [0.1, 0.15) is 33.0 Å². The minimum Gasteiger partial charge on any atom is -0.451 e. The average Bonchev–Trinajstić information content (AvgIpc) is 3.17. The molecule has 1 aromatic heterocycles. The van der Waals surface area contributed by atoms with Gasteiger partial charge in [-0.2, -0.15) is 0 Å². The van der Waals surface area contributed by atoms with Crippen LogP contribution in [0.4, 0.5) is 5.69 Å². The minimum absolute atomic E-state index is 0.301. The van der Waals surface area contributed by atoms with E-state index in [9.17, 15) is 9.59 Å². The summed E-state index contributed by atoms with van der Waals surface area (Å²) in [6.07, 6.45) is 4.40. The van der Waals surface area contributed by atoms with Crippen LogP contribution in [0.5, 0.6) is 0 Å². The van der Waals surface area contributed by atoms with Crippen molar-refractivity contribution in [3.8, 4) is 11.1 Å². The third-order valence-corrected chi connectivity index (χ3v) is 6.04. The predicted molar refractivity (Wildman–Crippen MR) is 112 cm³/mol. The minimum atomic E-state index is -0.425. The summed E-state index contributed by atoms with van der Waals surface area (Å²) < 4.78 is 5.24. The third-order valence-electron chi connectivity index (χ3n) is 4.82. The van der Waals surface area contributed by atoms with Crippen LogP contribution in [-0.4, -0.2) is 18.5 Å². The Labute approximate surface area is 168 Å². The van der Waals surface area contributed by atoms with Gasteiger partial charge >= 0.3 is 5.97 Å². The molecule has 1 amide bonds. The lowest BCUT2D eigenvalue weighted by Gasteiger charge is -2.11. The fourth-order valence-electron chi connectivity index (χ4n) is 3.44. The highest BCUT2D eigenvalue weighted by atomic mass is 32.1. The topological polar surface area (TPSA) is 55.4 Å². The van der Waals surface area contributed by atoms with Gasteiger partial charge in [0.15, 0.2) is 6.61 Å². The summed E-state index contributed by atoms with van der Waals surface area (Å²) in [4.78, 5) is 26.5. The maximum Gasteiger partial charge on any atom is 0.348 e. The van der Waals surface area contributed by atoms with E-state index in [1.807, 2.05) is 60.7 Å². The fraction of sp³-hybridized carbons (Fsp3) is 0.217. The van der Waals surface area contributed by atoms with Crippen LogP contribution in [-0.2, 0) is 22.4 Å². The van der Waals surface area contributed by atoms with Gasteiger partial charge in [0, 0.05) is 16.1 Å². The molecule has 1 N–H and O–H groups in total. The van der Waals surface area contributed by atoms with Gasteiger partial charge in [-0.05, 0) is 48.9 Å². The smallest absolute Gasteiger partial charge is 0.348 e. The van der Waals surface area contributed by atoms with Crippen molar-refractivity contribution in [2.45, 2.75) is 25.7 Å². The quantitative estimate of drug-likeness (QED) is 0.617. The number of benzene rings is 2. The summed E-state index contributed by atoms with van der Waals surface area (Å²) in [5.41, 5.74) is 3.89. The number of hydrogen-bond donors (Lipinski definition) is 1. The molecule has 0 spiro atoms. The van der Waals surface area contributed by atoms with E-state index in [0.29, 0.717) is 10.6 Å². The van der Waals surface area contributed by atoms with Crippen molar-refractivity contribution >= 4 is 28.9 Å². The molecule has 0 aliphatic heterocycles. The SMILES string of the molecule is O=C(COC(=O)c1cc2c(s1)CCCC2)Nc1ccccc1-c1ccccc1. The molecule has 5 heteroatoms. The maximum absolute atomic E-state index is 12.3. The summed E-state index contributed by atoms with van der Waals surface area (Å²) in [6.45, 7) is -0.301. The molecule has 1 aliphatic carbocycles. The Kier molecular flexibility index (Phi) is 5.53. The molecule has 142 valence electrons. The standard InChI is InChI=1S/C23H21NO3S/c25-22(15-27-23(26)21-14-17-10-4-7-13-20(17)28-21)24-19-12-6-5-11-18(19)16-8-2-1-3-9-16/h1-3,5-6,8-9,11-12,14H,4,7,10,13,15H2,(H,24,25). The fourth-order valence-corrected chi connectivity index (χ4v) is 4.59. The van der Waals surface area contributed by atoms with E-state index in [2.05, 4.69) is 5.32 Å². The Morgan fingerprint density at radius 2 is 1.71 bits per heavy atom. The van der Waals surface area contributed by atoms with E-state index in [0.717, 1.165) is 24.0 Å². The molecular formula is C23H21NO3S. The first-order valence-electron chi connectivity index (χ1n) is 9.44. The number of hydrogen-bond acceptors (Lipinski definition) is 4. The Morgan fingerprint density at radius 3 is 2.54 bits per heavy atom. The summed E-state index contributed by atoms with van der Waals surface area (Å²) in [6, 6.07) is 19.3. The number of carbonyl (C=O) groups excluding carboxylic acids is 2. The zero-order valence-electron chi connectivity index (χ0n) is 15.4. The molecule has 3 aromatic rings. The number of aryl methyl sites for hydroxylation is 2. The summed E-state index contributed by atoms with van der Waals surface area (Å²) in [5.74, 6) is -0.774. The Bertz CT molecular complexity index is 971. The van der Waals surface area contributed by atoms with Crippen molar-refractivity contribution < 1.29 is 14.3 Å². The van der Waals surface area contributed by atoms with Gasteiger partial charge in [0.25, 0.3) is 5.91 Å². The third kappa shape index (κ3) is 4.15. The van der Waals surface area contributed by atoms with E-state index in [1.54, 1.807) is 0 Å². The second-order valence-electron chi connectivity index (χ2n) is 6.80. The average molecular weight is 391 g/mol. The Balaban J connectivity index is 1.39. The van der Waals surface area contributed by atoms with Crippen LogP contribution in [0.3, 0.4) is 0 Å². The lowest BCUT2D eigenvalue weighted by molar-refractivity contribution is -0.119. The van der Waals surface area contributed by atoms with Crippen LogP contribution in [0, 0.1) is 0 Å². The van der Waals surface area contributed by atoms with Crippen LogP contribution < -0.4 is 5.32 Å². The molecule has 1 aliphatic rings. The number of carbonyl (C=O) groups is 2. The van der Waals surface area contributed by atoms with E-state index in [4.69, 9.17) is 4.74 Å². The van der Waals surface area contributed by atoms with Crippen molar-refractivity contribution in [1.29, 1.82) is 0 Å². The highest BCUT2D eigenvalue weighted by molar-refractivity contribution is 7.14. The number of fused-ring (bicyclic) bond motifs is 1. The van der Waals surface area contributed by atoms with Gasteiger partial charge in [-0.1, -0.05) is 48.5 Å². The van der Waals surface area contributed by atoms with Crippen LogP contribution in [0.2, 0.25) is 0 Å². The largest absolute Gasteiger partial charge is 0.451 e. The van der Waals surface area contributed by atoms with Crippen molar-refractivity contribution in [2.75, 3.05) is 11.9 Å². The molecule has 0 atom stereocenters. The van der Waals surface area contributed by atoms with Gasteiger partial charge < -0.3 is 10.1 Å². The molecule has 4 nitrogen and oxygen atoms in total. The zero-order valence-corrected chi connectivity index (χ0v) is 16.3. The molecule has 4 rings (SSSR count). The van der Waals surface area contributed by atoms with E-state index >= 15 is 0 Å². The number of anilines is 1. The lowest BCUT2D eigenvalue weighted by Crippen LogP contribution is -2.21. The first kappa shape index (κ1) is 18.4. The molecule has 28 heavy (non-hydrogen) atoms. The van der Waals surface area contributed by atoms with Crippen LogP contribution in [0.15, 0.2) is 60.7 Å². The van der Waals surface area contributed by atoms with Crippen molar-refractivity contribution in [2.24, 2.45) is 0 Å².